The van der Waals surface area contributed by atoms with E-state index in [2.05, 4.69) is 66.8 Å². The second-order valence-electron chi connectivity index (χ2n) is 0.566. The predicted octanol–water partition coefficient (Wildman–Crippen LogP) is 4.61. The number of rotatable bonds is 2. The Hall–Kier alpha value is 2.74. The van der Waals surface area contributed by atoms with E-state index in [0.717, 1.165) is 0 Å². The van der Waals surface area contributed by atoms with Crippen LogP contribution in [-0.4, -0.2) is 0 Å². The van der Waals surface area contributed by atoms with Crippen molar-refractivity contribution in [3.05, 3.63) is 0 Å². The predicted molar refractivity (Wildman–Crippen MR) is 52.7 cm³/mol. The van der Waals surface area contributed by atoms with Gasteiger partial charge >= 0.3 is 0 Å². The molecule has 0 unspecified atom stereocenters. The molecular weight excluding hydrogens is 396 g/mol. The van der Waals surface area contributed by atoms with E-state index < -0.39 is 0 Å². The first-order valence-corrected chi connectivity index (χ1v) is 11.9. The largest absolute Gasteiger partial charge is 0.238 e. The highest BCUT2D eigenvalue weighted by Crippen LogP contribution is 2.61. The molecule has 0 aromatic rings. The Morgan fingerprint density at radius 3 is 1.14 bits per heavy atom. The first-order chi connectivity index (χ1) is 3.13. The standard InChI is InChI=1S/Br4HNP2/c1-6(2)5-7(3)4/h5H. The Morgan fingerprint density at radius 2 is 1.14 bits per heavy atom. The zero-order chi connectivity index (χ0) is 5.86. The number of halogens is 4. The van der Waals surface area contributed by atoms with Crippen LogP contribution in [0.3, 0.4) is 0 Å². The molecule has 0 aliphatic rings. The van der Waals surface area contributed by atoms with E-state index in [4.69, 9.17) is 0 Å². The second-order valence-corrected chi connectivity index (χ2v) is 16.5. The van der Waals surface area contributed by atoms with Crippen LogP contribution < -0.4 is 4.86 Å². The van der Waals surface area contributed by atoms with Crippen molar-refractivity contribution in [1.82, 2.24) is 4.86 Å². The molecule has 7 heavy (non-hydrogen) atoms. The van der Waals surface area contributed by atoms with Gasteiger partial charge in [0.25, 0.3) is 0 Å². The van der Waals surface area contributed by atoms with Crippen LogP contribution in [0.25, 0.3) is 0 Å². The lowest BCUT2D eigenvalue weighted by atomic mass is 13.9. The van der Waals surface area contributed by atoms with Gasteiger partial charge in [0.1, 0.15) is 11.0 Å². The fourth-order valence-electron chi connectivity index (χ4n) is 0.0571. The highest BCUT2D eigenvalue weighted by Gasteiger charge is 2.00. The average Bonchev–Trinajstić information content (AvgIpc) is 1.27. The monoisotopic (exact) mass is 393 g/mol. The van der Waals surface area contributed by atoms with E-state index >= 15 is 0 Å². The van der Waals surface area contributed by atoms with Crippen molar-refractivity contribution in [2.45, 2.75) is 0 Å². The van der Waals surface area contributed by atoms with Crippen molar-refractivity contribution in [3.63, 3.8) is 0 Å². The number of hydrogen-bond acceptors (Lipinski definition) is 1. The SMILES string of the molecule is BrP(Br)NP(Br)Br. The first kappa shape index (κ1) is 9.74. The van der Waals surface area contributed by atoms with Crippen molar-refractivity contribution in [2.24, 2.45) is 0 Å². The van der Waals surface area contributed by atoms with E-state index in [9.17, 15) is 0 Å². The Kier molecular flexibility index (Phi) is 7.68. The van der Waals surface area contributed by atoms with Crippen LogP contribution in [-0.2, 0) is 0 Å². The molecule has 0 rings (SSSR count). The summed E-state index contributed by atoms with van der Waals surface area (Å²) in [6.07, 6.45) is 0. The Labute approximate surface area is 77.0 Å². The summed E-state index contributed by atoms with van der Waals surface area (Å²) in [5.74, 6) is 0. The van der Waals surface area contributed by atoms with Crippen molar-refractivity contribution < 1.29 is 0 Å². The van der Waals surface area contributed by atoms with Gasteiger partial charge < -0.3 is 0 Å². The van der Waals surface area contributed by atoms with Crippen LogP contribution in [0.1, 0.15) is 0 Å². The zero-order valence-corrected chi connectivity index (χ0v) is 11.0. The summed E-state index contributed by atoms with van der Waals surface area (Å²) in [5, 5.41) is 0. The molecular formula is HBr4NP2. The molecule has 44 valence electrons. The molecule has 0 spiro atoms. The topological polar surface area (TPSA) is 12.0 Å². The lowest BCUT2D eigenvalue weighted by molar-refractivity contribution is 1.76. The molecule has 0 fully saturated rings. The first-order valence-electron chi connectivity index (χ1n) is 1.12. The second kappa shape index (κ2) is 5.52. The molecule has 0 heterocycles. The van der Waals surface area contributed by atoms with Gasteiger partial charge in [-0.05, 0) is 62.0 Å². The molecule has 0 saturated carbocycles. The van der Waals surface area contributed by atoms with E-state index in [1.165, 1.54) is 0 Å². The highest BCUT2D eigenvalue weighted by molar-refractivity contribution is 9.72. The minimum Gasteiger partial charge on any atom is -0.238 e. The Bertz CT molecular complexity index is 39.0. The lowest BCUT2D eigenvalue weighted by Gasteiger charge is -2.02. The summed E-state index contributed by atoms with van der Waals surface area (Å²) >= 11 is 13.2. The fraction of sp³-hybridized carbons (Fsp3) is 0. The van der Waals surface area contributed by atoms with Gasteiger partial charge in [-0.15, -0.1) is 0 Å². The van der Waals surface area contributed by atoms with Crippen LogP contribution >= 0.6 is 72.9 Å². The van der Waals surface area contributed by atoms with Crippen molar-refractivity contribution in [1.29, 1.82) is 0 Å². The summed E-state index contributed by atoms with van der Waals surface area (Å²) in [7, 11) is 0. The summed E-state index contributed by atoms with van der Waals surface area (Å²) < 4.78 is 0. The lowest BCUT2D eigenvalue weighted by Crippen LogP contribution is -1.78. The van der Waals surface area contributed by atoms with Gasteiger partial charge in [-0.1, -0.05) is 0 Å². The molecule has 7 heteroatoms. The molecule has 0 aromatic heterocycles. The van der Waals surface area contributed by atoms with Crippen molar-refractivity contribution in [2.75, 3.05) is 0 Å². The maximum atomic E-state index is 3.30. The highest BCUT2D eigenvalue weighted by atomic mass is 79.9. The molecule has 0 aromatic carbocycles. The molecule has 0 aliphatic heterocycles. The van der Waals surface area contributed by atoms with Crippen LogP contribution in [0.4, 0.5) is 0 Å². The minimum absolute atomic E-state index is 0.330. The molecule has 1 nitrogen and oxygen atoms in total. The maximum Gasteiger partial charge on any atom is 0.109 e. The van der Waals surface area contributed by atoms with Gasteiger partial charge in [0.15, 0.2) is 0 Å². The Balaban J connectivity index is 2.95. The quantitative estimate of drug-likeness (QED) is 0.672. The normalized spacial score (nSPS) is 11.1. The maximum absolute atomic E-state index is 3.30. The summed E-state index contributed by atoms with van der Waals surface area (Å²) in [4.78, 5) is 3.10. The molecule has 1 N–H and O–H groups in total. The van der Waals surface area contributed by atoms with Crippen LogP contribution in [0.2, 0.25) is 0 Å². The number of hydrogen-bond donors (Lipinski definition) is 1. The third-order valence-electron chi connectivity index (χ3n) is 0.151. The fourth-order valence-corrected chi connectivity index (χ4v) is 13.9. The van der Waals surface area contributed by atoms with Gasteiger partial charge in [0.05, 0.1) is 0 Å². The van der Waals surface area contributed by atoms with Gasteiger partial charge in [0, 0.05) is 0 Å². The smallest absolute Gasteiger partial charge is 0.109 e. The van der Waals surface area contributed by atoms with Crippen molar-refractivity contribution in [3.8, 4) is 0 Å². The molecule has 0 bridgehead atoms. The Morgan fingerprint density at radius 1 is 0.857 bits per heavy atom. The molecule has 0 amide bonds. The third kappa shape index (κ3) is 8.74. The van der Waals surface area contributed by atoms with Gasteiger partial charge in [0.2, 0.25) is 0 Å². The zero-order valence-electron chi connectivity index (χ0n) is 2.91. The molecule has 0 saturated heterocycles. The minimum atomic E-state index is -0.330. The van der Waals surface area contributed by atoms with Gasteiger partial charge in [-0.2, -0.15) is 0 Å². The van der Waals surface area contributed by atoms with E-state index in [0.29, 0.717) is 0 Å². The molecule has 0 radical (unpaired) electrons. The van der Waals surface area contributed by atoms with Crippen LogP contribution in [0, 0.1) is 0 Å². The summed E-state index contributed by atoms with van der Waals surface area (Å²) in [5.41, 5.74) is -0.660. The third-order valence-corrected chi connectivity index (χ3v) is 7.07. The van der Waals surface area contributed by atoms with E-state index in [1.54, 1.807) is 0 Å². The van der Waals surface area contributed by atoms with Crippen molar-refractivity contribution >= 4 is 72.9 Å². The van der Waals surface area contributed by atoms with E-state index in [1.807, 2.05) is 0 Å². The molecule has 0 atom stereocenters. The average molecular weight is 397 g/mol. The number of nitrogens with one attached hydrogen (secondary N) is 1. The summed E-state index contributed by atoms with van der Waals surface area (Å²) in [6.45, 7) is 0. The van der Waals surface area contributed by atoms with Crippen LogP contribution in [0.5, 0.6) is 0 Å². The van der Waals surface area contributed by atoms with Gasteiger partial charge in [-0.25, -0.2) is 4.86 Å². The van der Waals surface area contributed by atoms with Gasteiger partial charge in [-0.3, -0.25) is 0 Å². The molecule has 0 aliphatic carbocycles. The summed E-state index contributed by atoms with van der Waals surface area (Å²) in [6, 6.07) is 0. The van der Waals surface area contributed by atoms with E-state index in [-0.39, 0.29) is 11.0 Å². The van der Waals surface area contributed by atoms with Crippen LogP contribution in [0.15, 0.2) is 0 Å².